The van der Waals surface area contributed by atoms with Crippen LogP contribution in [0.25, 0.3) is 0 Å². The van der Waals surface area contributed by atoms with Crippen LogP contribution < -0.4 is 0 Å². The molecule has 114 valence electrons. The summed E-state index contributed by atoms with van der Waals surface area (Å²) >= 11 is 0. The molecule has 0 radical (unpaired) electrons. The Labute approximate surface area is 122 Å². The molecule has 0 N–H and O–H groups in total. The largest absolute Gasteiger partial charge is 0.301 e. The average Bonchev–Trinajstić information content (AvgIpc) is 2.80. The molecule has 4 nitrogen and oxygen atoms in total. The van der Waals surface area contributed by atoms with Gasteiger partial charge in [-0.05, 0) is 51.0 Å². The van der Waals surface area contributed by atoms with Gasteiger partial charge in [0.05, 0.1) is 5.75 Å². The second kappa shape index (κ2) is 6.16. The van der Waals surface area contributed by atoms with Crippen molar-refractivity contribution in [1.29, 1.82) is 0 Å². The first-order chi connectivity index (χ1) is 9.65. The van der Waals surface area contributed by atoms with Crippen molar-refractivity contribution in [3.05, 3.63) is 12.2 Å². The Morgan fingerprint density at radius 3 is 2.70 bits per heavy atom. The smallest absolute Gasteiger partial charge is 0.214 e. The molecule has 0 aromatic heterocycles. The highest BCUT2D eigenvalue weighted by Gasteiger charge is 2.36. The number of rotatable bonds is 3. The molecule has 0 bridgehead atoms. The van der Waals surface area contributed by atoms with Crippen molar-refractivity contribution in [2.45, 2.75) is 44.6 Å². The maximum absolute atomic E-state index is 12.1. The van der Waals surface area contributed by atoms with Gasteiger partial charge >= 0.3 is 0 Å². The highest BCUT2D eigenvalue weighted by Crippen LogP contribution is 2.26. The van der Waals surface area contributed by atoms with Gasteiger partial charge in [0.15, 0.2) is 0 Å². The Balaban J connectivity index is 1.57. The highest BCUT2D eigenvalue weighted by molar-refractivity contribution is 7.89. The van der Waals surface area contributed by atoms with Crippen molar-refractivity contribution >= 4 is 10.0 Å². The summed E-state index contributed by atoms with van der Waals surface area (Å²) in [6.07, 6.45) is 11.3. The van der Waals surface area contributed by atoms with Crippen molar-refractivity contribution in [3.8, 4) is 0 Å². The van der Waals surface area contributed by atoms with Gasteiger partial charge in [-0.25, -0.2) is 8.42 Å². The summed E-state index contributed by atoms with van der Waals surface area (Å²) in [5.74, 6) is 1.13. The van der Waals surface area contributed by atoms with E-state index in [-0.39, 0.29) is 6.04 Å². The fourth-order valence-electron chi connectivity index (χ4n) is 3.89. The third kappa shape index (κ3) is 3.26. The molecule has 2 saturated heterocycles. The fraction of sp³-hybridized carbons (Fsp3) is 0.867. The van der Waals surface area contributed by atoms with Crippen molar-refractivity contribution in [3.63, 3.8) is 0 Å². The van der Waals surface area contributed by atoms with Gasteiger partial charge in [-0.3, -0.25) is 0 Å². The van der Waals surface area contributed by atoms with Gasteiger partial charge in [0.25, 0.3) is 0 Å². The number of sulfonamides is 1. The first-order valence-electron chi connectivity index (χ1n) is 8.02. The first kappa shape index (κ1) is 14.5. The lowest BCUT2D eigenvalue weighted by atomic mass is 9.93. The molecule has 2 atom stereocenters. The van der Waals surface area contributed by atoms with E-state index in [1.165, 1.54) is 19.3 Å². The van der Waals surface area contributed by atoms with Gasteiger partial charge in [-0.2, -0.15) is 4.31 Å². The van der Waals surface area contributed by atoms with Crippen LogP contribution in [-0.4, -0.2) is 55.6 Å². The lowest BCUT2D eigenvalue weighted by Crippen LogP contribution is -2.49. The van der Waals surface area contributed by atoms with E-state index < -0.39 is 10.0 Å². The Morgan fingerprint density at radius 1 is 1.10 bits per heavy atom. The van der Waals surface area contributed by atoms with E-state index in [1.54, 1.807) is 4.31 Å². The number of hydrogen-bond donors (Lipinski definition) is 0. The second-order valence-corrected chi connectivity index (χ2v) is 8.53. The minimum Gasteiger partial charge on any atom is -0.301 e. The minimum atomic E-state index is -2.95. The molecule has 0 aromatic rings. The summed E-state index contributed by atoms with van der Waals surface area (Å²) in [7, 11) is -2.95. The average molecular weight is 298 g/mol. The predicted molar refractivity (Wildman–Crippen MR) is 81.1 cm³/mol. The van der Waals surface area contributed by atoms with E-state index in [4.69, 9.17) is 0 Å². The molecular weight excluding hydrogens is 272 g/mol. The van der Waals surface area contributed by atoms with E-state index in [2.05, 4.69) is 17.1 Å². The molecule has 3 rings (SSSR count). The molecule has 1 aliphatic carbocycles. The summed E-state index contributed by atoms with van der Waals surface area (Å²) in [4.78, 5) is 2.51. The maximum Gasteiger partial charge on any atom is 0.214 e. The van der Waals surface area contributed by atoms with Gasteiger partial charge in [0.1, 0.15) is 0 Å². The van der Waals surface area contributed by atoms with Crippen LogP contribution in [0.1, 0.15) is 38.5 Å². The molecule has 2 unspecified atom stereocenters. The second-order valence-electron chi connectivity index (χ2n) is 6.49. The molecular formula is C15H26N2O2S. The third-order valence-electron chi connectivity index (χ3n) is 4.92. The molecule has 2 fully saturated rings. The normalized spacial score (nSPS) is 35.4. The summed E-state index contributed by atoms with van der Waals surface area (Å²) in [5, 5.41) is 0. The quantitative estimate of drug-likeness (QED) is 0.747. The highest BCUT2D eigenvalue weighted by atomic mass is 32.2. The van der Waals surface area contributed by atoms with Crippen LogP contribution in [-0.2, 0) is 10.0 Å². The molecule has 3 aliphatic rings. The van der Waals surface area contributed by atoms with Crippen molar-refractivity contribution in [2.24, 2.45) is 5.92 Å². The Bertz CT molecular complexity index is 460. The van der Waals surface area contributed by atoms with Gasteiger partial charge in [-0.15, -0.1) is 0 Å². The molecule has 2 heterocycles. The van der Waals surface area contributed by atoms with E-state index >= 15 is 0 Å². The topological polar surface area (TPSA) is 40.6 Å². The number of nitrogens with zero attached hydrogens (tertiary/aromatic N) is 2. The lowest BCUT2D eigenvalue weighted by Gasteiger charge is -2.38. The van der Waals surface area contributed by atoms with Crippen molar-refractivity contribution < 1.29 is 8.42 Å². The molecule has 0 aromatic carbocycles. The Kier molecular flexibility index (Phi) is 4.48. The fourth-order valence-corrected chi connectivity index (χ4v) is 5.65. The molecule has 2 aliphatic heterocycles. The van der Waals surface area contributed by atoms with Crippen LogP contribution in [0, 0.1) is 5.92 Å². The first-order valence-corrected chi connectivity index (χ1v) is 9.63. The summed E-state index contributed by atoms with van der Waals surface area (Å²) in [5.41, 5.74) is 0. The number of piperidine rings is 1. The molecule has 5 heteroatoms. The van der Waals surface area contributed by atoms with Crippen LogP contribution in [0.3, 0.4) is 0 Å². The Hall–Kier alpha value is -0.390. The lowest BCUT2D eigenvalue weighted by molar-refractivity contribution is 0.132. The van der Waals surface area contributed by atoms with E-state index in [1.807, 2.05) is 0 Å². The van der Waals surface area contributed by atoms with Crippen LogP contribution in [0.5, 0.6) is 0 Å². The molecule has 0 spiro atoms. The third-order valence-corrected chi connectivity index (χ3v) is 6.92. The SMILES string of the molecule is O=S1(=O)CCCN1C1CCCN(CC2CC=CCC2)C1. The summed E-state index contributed by atoms with van der Waals surface area (Å²) in [6.45, 7) is 3.98. The van der Waals surface area contributed by atoms with Gasteiger partial charge in [0.2, 0.25) is 10.0 Å². The standard InChI is InChI=1S/C15H26N2O2S/c18-20(19)11-5-10-17(20)15-8-4-9-16(13-15)12-14-6-2-1-3-7-14/h1-2,14-15H,3-13H2. The maximum atomic E-state index is 12.1. The van der Waals surface area contributed by atoms with Crippen LogP contribution in [0.15, 0.2) is 12.2 Å². The Morgan fingerprint density at radius 2 is 2.00 bits per heavy atom. The van der Waals surface area contributed by atoms with E-state index in [0.29, 0.717) is 5.75 Å². The monoisotopic (exact) mass is 298 g/mol. The van der Waals surface area contributed by atoms with Gasteiger partial charge in [0, 0.05) is 25.7 Å². The van der Waals surface area contributed by atoms with Gasteiger partial charge in [-0.1, -0.05) is 12.2 Å². The van der Waals surface area contributed by atoms with Crippen LogP contribution in [0.4, 0.5) is 0 Å². The molecule has 20 heavy (non-hydrogen) atoms. The van der Waals surface area contributed by atoms with Gasteiger partial charge < -0.3 is 4.90 Å². The minimum absolute atomic E-state index is 0.232. The van der Waals surface area contributed by atoms with Crippen molar-refractivity contribution in [2.75, 3.05) is 31.9 Å². The summed E-state index contributed by atoms with van der Waals surface area (Å²) < 4.78 is 25.9. The predicted octanol–water partition coefficient (Wildman–Crippen LogP) is 1.84. The number of allylic oxidation sites excluding steroid dienone is 2. The zero-order valence-corrected chi connectivity index (χ0v) is 13.0. The number of likely N-dealkylation sites (tertiary alicyclic amines) is 1. The zero-order valence-electron chi connectivity index (χ0n) is 12.2. The molecule has 0 amide bonds. The van der Waals surface area contributed by atoms with E-state index in [0.717, 1.165) is 51.4 Å². The zero-order chi connectivity index (χ0) is 14.0. The number of hydrogen-bond acceptors (Lipinski definition) is 3. The van der Waals surface area contributed by atoms with Crippen molar-refractivity contribution in [1.82, 2.24) is 9.21 Å². The van der Waals surface area contributed by atoms with Crippen LogP contribution in [0.2, 0.25) is 0 Å². The van der Waals surface area contributed by atoms with Crippen LogP contribution >= 0.6 is 0 Å². The van der Waals surface area contributed by atoms with E-state index in [9.17, 15) is 8.42 Å². The molecule has 0 saturated carbocycles. The summed E-state index contributed by atoms with van der Waals surface area (Å²) in [6, 6.07) is 0.232.